The minimum Gasteiger partial charge on any atom is -0.496 e. The number of hydrogen-bond acceptors (Lipinski definition) is 7. The molecule has 0 aliphatic carbocycles. The third-order valence-corrected chi connectivity index (χ3v) is 3.82. The standard InChI is InChI=1S/C18H18N4O5/c1-25-16-6-4-3-5-13(16)10-19-17(23)11-27-22-15-9-12(18(24)26-2)7-8-14(15)20-21-22/h3-9H,10-11H2,1-2H3,(H,19,23). The number of esters is 1. The number of rotatable bonds is 7. The highest BCUT2D eigenvalue weighted by atomic mass is 16.7. The molecule has 2 aromatic carbocycles. The van der Waals surface area contributed by atoms with Gasteiger partial charge in [-0.15, -0.1) is 5.10 Å². The zero-order valence-corrected chi connectivity index (χ0v) is 14.8. The monoisotopic (exact) mass is 370 g/mol. The molecule has 0 unspecified atom stereocenters. The van der Waals surface area contributed by atoms with Gasteiger partial charge in [0.05, 0.1) is 19.8 Å². The van der Waals surface area contributed by atoms with Crippen molar-refractivity contribution in [1.82, 2.24) is 20.5 Å². The summed E-state index contributed by atoms with van der Waals surface area (Å²) in [7, 11) is 2.87. The number of aromatic nitrogens is 3. The van der Waals surface area contributed by atoms with Crippen molar-refractivity contribution in [2.24, 2.45) is 0 Å². The Kier molecular flexibility index (Phi) is 5.50. The fraction of sp³-hybridized carbons (Fsp3) is 0.222. The van der Waals surface area contributed by atoms with Gasteiger partial charge in [-0.1, -0.05) is 23.0 Å². The quantitative estimate of drug-likeness (QED) is 0.618. The van der Waals surface area contributed by atoms with Gasteiger partial charge in [0.2, 0.25) is 0 Å². The molecule has 0 aliphatic heterocycles. The third kappa shape index (κ3) is 4.14. The molecule has 9 heteroatoms. The summed E-state index contributed by atoms with van der Waals surface area (Å²) in [6.07, 6.45) is 0. The fourth-order valence-corrected chi connectivity index (χ4v) is 2.45. The molecule has 1 aromatic heterocycles. The lowest BCUT2D eigenvalue weighted by atomic mass is 10.2. The molecule has 3 aromatic rings. The summed E-state index contributed by atoms with van der Waals surface area (Å²) in [6, 6.07) is 12.1. The first-order valence-electron chi connectivity index (χ1n) is 8.08. The van der Waals surface area contributed by atoms with Gasteiger partial charge in [0.15, 0.2) is 6.61 Å². The highest BCUT2D eigenvalue weighted by Gasteiger charge is 2.12. The van der Waals surface area contributed by atoms with Crippen LogP contribution in [0.5, 0.6) is 5.75 Å². The molecule has 9 nitrogen and oxygen atoms in total. The van der Waals surface area contributed by atoms with Crippen LogP contribution in [0.2, 0.25) is 0 Å². The normalized spacial score (nSPS) is 10.4. The molecule has 0 saturated heterocycles. The number of benzene rings is 2. The average Bonchev–Trinajstić information content (AvgIpc) is 3.12. The molecule has 3 rings (SSSR count). The predicted molar refractivity (Wildman–Crippen MR) is 95.2 cm³/mol. The number of fused-ring (bicyclic) bond motifs is 1. The number of carbonyl (C=O) groups excluding carboxylic acids is 2. The van der Waals surface area contributed by atoms with E-state index in [-0.39, 0.29) is 12.5 Å². The number of nitrogens with one attached hydrogen (secondary N) is 1. The summed E-state index contributed by atoms with van der Waals surface area (Å²) >= 11 is 0. The Morgan fingerprint density at radius 1 is 1.15 bits per heavy atom. The molecule has 27 heavy (non-hydrogen) atoms. The van der Waals surface area contributed by atoms with Crippen LogP contribution in [0.15, 0.2) is 42.5 Å². The summed E-state index contributed by atoms with van der Waals surface area (Å²) < 4.78 is 9.93. The maximum absolute atomic E-state index is 12.1. The number of methoxy groups -OCH3 is 2. The lowest BCUT2D eigenvalue weighted by Gasteiger charge is -2.10. The summed E-state index contributed by atoms with van der Waals surface area (Å²) in [4.78, 5) is 30.2. The lowest BCUT2D eigenvalue weighted by molar-refractivity contribution is -0.126. The van der Waals surface area contributed by atoms with Crippen LogP contribution < -0.4 is 14.9 Å². The van der Waals surface area contributed by atoms with Crippen LogP contribution in [0, 0.1) is 0 Å². The van der Waals surface area contributed by atoms with Gasteiger partial charge in [0, 0.05) is 12.1 Å². The van der Waals surface area contributed by atoms with Gasteiger partial charge in [0.1, 0.15) is 16.8 Å². The topological polar surface area (TPSA) is 105 Å². The van der Waals surface area contributed by atoms with E-state index in [0.717, 1.165) is 10.4 Å². The number of carbonyl (C=O) groups is 2. The van der Waals surface area contributed by atoms with Gasteiger partial charge in [-0.05, 0) is 29.5 Å². The molecule has 1 N–H and O–H groups in total. The largest absolute Gasteiger partial charge is 0.496 e. The smallest absolute Gasteiger partial charge is 0.337 e. The van der Waals surface area contributed by atoms with Crippen molar-refractivity contribution in [3.63, 3.8) is 0 Å². The number of ether oxygens (including phenoxy) is 2. The molecule has 1 amide bonds. The zero-order chi connectivity index (χ0) is 19.2. The van der Waals surface area contributed by atoms with E-state index in [1.807, 2.05) is 24.3 Å². The predicted octanol–water partition coefficient (Wildman–Crippen LogP) is 0.971. The number of hydrogen-bond donors (Lipinski definition) is 1. The van der Waals surface area contributed by atoms with Crippen LogP contribution in [0.1, 0.15) is 15.9 Å². The van der Waals surface area contributed by atoms with E-state index in [2.05, 4.69) is 20.4 Å². The Labute approximate surface area is 154 Å². The highest BCUT2D eigenvalue weighted by Crippen LogP contribution is 2.16. The van der Waals surface area contributed by atoms with Crippen LogP contribution >= 0.6 is 0 Å². The molecule has 0 fully saturated rings. The molecular weight excluding hydrogens is 352 g/mol. The fourth-order valence-electron chi connectivity index (χ4n) is 2.45. The van der Waals surface area contributed by atoms with Crippen molar-refractivity contribution < 1.29 is 23.9 Å². The van der Waals surface area contributed by atoms with E-state index in [1.54, 1.807) is 19.2 Å². The Balaban J connectivity index is 1.62. The molecular formula is C18H18N4O5. The van der Waals surface area contributed by atoms with Gasteiger partial charge in [-0.3, -0.25) is 4.79 Å². The van der Waals surface area contributed by atoms with E-state index in [0.29, 0.717) is 28.9 Å². The van der Waals surface area contributed by atoms with Crippen LogP contribution in [-0.4, -0.2) is 47.9 Å². The molecule has 140 valence electrons. The molecule has 0 saturated carbocycles. The van der Waals surface area contributed by atoms with Gasteiger partial charge >= 0.3 is 5.97 Å². The average molecular weight is 370 g/mol. The molecule has 0 bridgehead atoms. The molecule has 0 spiro atoms. The van der Waals surface area contributed by atoms with Gasteiger partial charge in [-0.2, -0.15) is 0 Å². The van der Waals surface area contributed by atoms with Crippen LogP contribution in [0.3, 0.4) is 0 Å². The van der Waals surface area contributed by atoms with Crippen molar-refractivity contribution in [3.8, 4) is 5.75 Å². The van der Waals surface area contributed by atoms with E-state index in [9.17, 15) is 9.59 Å². The summed E-state index contributed by atoms with van der Waals surface area (Å²) in [5.74, 6) is -0.135. The van der Waals surface area contributed by atoms with Crippen LogP contribution in [-0.2, 0) is 16.1 Å². The van der Waals surface area contributed by atoms with Crippen molar-refractivity contribution >= 4 is 22.9 Å². The Morgan fingerprint density at radius 2 is 1.96 bits per heavy atom. The number of nitrogens with zero attached hydrogens (tertiary/aromatic N) is 3. The van der Waals surface area contributed by atoms with E-state index >= 15 is 0 Å². The first-order chi connectivity index (χ1) is 13.1. The Bertz CT molecular complexity index is 969. The molecule has 0 aliphatic rings. The zero-order valence-electron chi connectivity index (χ0n) is 14.8. The van der Waals surface area contributed by atoms with Crippen molar-refractivity contribution in [2.45, 2.75) is 6.54 Å². The van der Waals surface area contributed by atoms with Crippen molar-refractivity contribution in [3.05, 3.63) is 53.6 Å². The maximum atomic E-state index is 12.1. The Hall–Kier alpha value is -3.62. The third-order valence-electron chi connectivity index (χ3n) is 3.82. The van der Waals surface area contributed by atoms with Crippen LogP contribution in [0.4, 0.5) is 0 Å². The maximum Gasteiger partial charge on any atom is 0.337 e. The highest BCUT2D eigenvalue weighted by molar-refractivity contribution is 5.93. The Morgan fingerprint density at radius 3 is 2.74 bits per heavy atom. The van der Waals surface area contributed by atoms with Crippen LogP contribution in [0.25, 0.3) is 11.0 Å². The number of amides is 1. The SMILES string of the molecule is COC(=O)c1ccc2nnn(OCC(=O)NCc3ccccc3OC)c2c1. The first-order valence-corrected chi connectivity index (χ1v) is 8.08. The van der Waals surface area contributed by atoms with Gasteiger partial charge in [0.25, 0.3) is 5.91 Å². The second-order valence-electron chi connectivity index (χ2n) is 5.52. The van der Waals surface area contributed by atoms with E-state index in [1.165, 1.54) is 13.2 Å². The summed E-state index contributed by atoms with van der Waals surface area (Å²) in [5, 5.41) is 10.5. The van der Waals surface area contributed by atoms with Gasteiger partial charge < -0.3 is 19.6 Å². The summed E-state index contributed by atoms with van der Waals surface area (Å²) in [6.45, 7) is 0.0346. The molecule has 0 atom stereocenters. The first kappa shape index (κ1) is 18.2. The second-order valence-corrected chi connectivity index (χ2v) is 5.52. The second kappa shape index (κ2) is 8.17. The molecule has 1 heterocycles. The number of para-hydroxylation sites is 1. The van der Waals surface area contributed by atoms with E-state index < -0.39 is 5.97 Å². The minimum atomic E-state index is -0.487. The van der Waals surface area contributed by atoms with E-state index in [4.69, 9.17) is 9.57 Å². The van der Waals surface area contributed by atoms with Crippen molar-refractivity contribution in [2.75, 3.05) is 20.8 Å². The molecule has 0 radical (unpaired) electrons. The van der Waals surface area contributed by atoms with Crippen molar-refractivity contribution in [1.29, 1.82) is 0 Å². The summed E-state index contributed by atoms with van der Waals surface area (Å²) in [5.41, 5.74) is 2.16. The lowest BCUT2D eigenvalue weighted by Crippen LogP contribution is -2.31. The minimum absolute atomic E-state index is 0.268. The van der Waals surface area contributed by atoms with Gasteiger partial charge in [-0.25, -0.2) is 4.79 Å².